The van der Waals surface area contributed by atoms with Gasteiger partial charge < -0.3 is 0 Å². The lowest BCUT2D eigenvalue weighted by atomic mass is 9.88. The zero-order chi connectivity index (χ0) is 15.9. The molecule has 114 valence electrons. The van der Waals surface area contributed by atoms with Crippen LogP contribution in [-0.2, 0) is 6.42 Å². The van der Waals surface area contributed by atoms with Crippen molar-refractivity contribution in [3.63, 3.8) is 0 Å². The van der Waals surface area contributed by atoms with Gasteiger partial charge in [0.15, 0.2) is 0 Å². The lowest BCUT2D eigenvalue weighted by Crippen LogP contribution is -2.08. The second-order valence-corrected chi connectivity index (χ2v) is 8.16. The molecule has 2 heterocycles. The van der Waals surface area contributed by atoms with Crippen molar-refractivity contribution < 1.29 is 0 Å². The predicted molar refractivity (Wildman–Crippen MR) is 99.6 cm³/mol. The summed E-state index contributed by atoms with van der Waals surface area (Å²) in [7, 11) is 0. The lowest BCUT2D eigenvalue weighted by Gasteiger charge is -2.18. The molecule has 3 rings (SSSR count). The molecule has 0 amide bonds. The molecule has 0 fully saturated rings. The van der Waals surface area contributed by atoms with Crippen LogP contribution in [-0.4, -0.2) is 4.98 Å². The minimum Gasteiger partial charge on any atom is -0.255 e. The normalized spacial score (nSPS) is 13.2. The van der Waals surface area contributed by atoms with Gasteiger partial charge in [0.1, 0.15) is 0 Å². The maximum Gasteiger partial charge on any atom is 0.0834 e. The van der Waals surface area contributed by atoms with E-state index in [1.807, 2.05) is 17.5 Å². The summed E-state index contributed by atoms with van der Waals surface area (Å²) in [6.07, 6.45) is 5.18. The number of fused-ring (bicyclic) bond motifs is 3. The summed E-state index contributed by atoms with van der Waals surface area (Å²) in [5.41, 5.74) is 4.12. The van der Waals surface area contributed by atoms with E-state index < -0.39 is 0 Å². The third-order valence-electron chi connectivity index (χ3n) is 4.02. The summed E-state index contributed by atoms with van der Waals surface area (Å²) in [5.74, 6) is 0. The Labute approximate surface area is 136 Å². The standard InChI is InChI=1S/C20H23NS/c1-6-13(2)17-19-16(10-11-21-17)15-9-7-8-14(18(15)22-19)12-20(3,4)5/h6-11H,12H2,1-5H3/b13-6+. The van der Waals surface area contributed by atoms with Crippen LogP contribution < -0.4 is 0 Å². The average Bonchev–Trinajstić information content (AvgIpc) is 2.85. The Balaban J connectivity index is 2.32. The number of benzene rings is 1. The van der Waals surface area contributed by atoms with Crippen molar-refractivity contribution in [3.8, 4) is 0 Å². The van der Waals surface area contributed by atoms with Crippen molar-refractivity contribution in [2.75, 3.05) is 0 Å². The smallest absolute Gasteiger partial charge is 0.0834 e. The van der Waals surface area contributed by atoms with Crippen LogP contribution in [0.3, 0.4) is 0 Å². The topological polar surface area (TPSA) is 12.9 Å². The average molecular weight is 309 g/mol. The number of nitrogens with zero attached hydrogens (tertiary/aromatic N) is 1. The second-order valence-electron chi connectivity index (χ2n) is 7.14. The Kier molecular flexibility index (Phi) is 3.82. The number of hydrogen-bond acceptors (Lipinski definition) is 2. The number of thiophene rings is 1. The summed E-state index contributed by atoms with van der Waals surface area (Å²) in [6.45, 7) is 11.1. The molecule has 2 aromatic heterocycles. The summed E-state index contributed by atoms with van der Waals surface area (Å²) in [6, 6.07) is 8.87. The Morgan fingerprint density at radius 3 is 2.55 bits per heavy atom. The molecule has 0 unspecified atom stereocenters. The van der Waals surface area contributed by atoms with E-state index >= 15 is 0 Å². The number of aromatic nitrogens is 1. The molecule has 0 saturated heterocycles. The maximum atomic E-state index is 4.62. The SMILES string of the molecule is C/C=C(\C)c1nccc2c1sc1c(CC(C)(C)C)cccc12. The van der Waals surface area contributed by atoms with E-state index in [2.05, 4.69) is 69.9 Å². The van der Waals surface area contributed by atoms with Gasteiger partial charge in [0.25, 0.3) is 0 Å². The molecule has 1 nitrogen and oxygen atoms in total. The molecule has 0 aliphatic carbocycles. The van der Waals surface area contributed by atoms with Gasteiger partial charge in [-0.05, 0) is 42.9 Å². The van der Waals surface area contributed by atoms with Crippen LogP contribution in [0, 0.1) is 5.41 Å². The zero-order valence-electron chi connectivity index (χ0n) is 14.0. The van der Waals surface area contributed by atoms with Crippen LogP contribution >= 0.6 is 11.3 Å². The van der Waals surface area contributed by atoms with Gasteiger partial charge in [-0.1, -0.05) is 45.0 Å². The van der Waals surface area contributed by atoms with Gasteiger partial charge in [-0.15, -0.1) is 11.3 Å². The summed E-state index contributed by atoms with van der Waals surface area (Å²) < 4.78 is 2.74. The minimum absolute atomic E-state index is 0.296. The highest BCUT2D eigenvalue weighted by molar-refractivity contribution is 7.26. The van der Waals surface area contributed by atoms with Gasteiger partial charge in [0.05, 0.1) is 10.4 Å². The molecule has 2 heteroatoms. The Hall–Kier alpha value is -1.67. The van der Waals surface area contributed by atoms with E-state index in [0.29, 0.717) is 5.41 Å². The highest BCUT2D eigenvalue weighted by Crippen LogP contribution is 2.40. The fourth-order valence-corrected chi connectivity index (χ4v) is 4.27. The molecule has 0 saturated carbocycles. The van der Waals surface area contributed by atoms with Crippen molar-refractivity contribution >= 4 is 37.1 Å². The molecule has 1 aromatic carbocycles. The molecule has 0 aliphatic heterocycles. The van der Waals surface area contributed by atoms with Crippen LogP contribution in [0.1, 0.15) is 45.9 Å². The van der Waals surface area contributed by atoms with E-state index in [4.69, 9.17) is 0 Å². The molecule has 0 radical (unpaired) electrons. The van der Waals surface area contributed by atoms with E-state index in [1.165, 1.54) is 31.3 Å². The first kappa shape index (κ1) is 15.2. The molecular formula is C20H23NS. The van der Waals surface area contributed by atoms with Crippen LogP contribution in [0.25, 0.3) is 25.7 Å². The van der Waals surface area contributed by atoms with Gasteiger partial charge in [-0.3, -0.25) is 4.98 Å². The first-order chi connectivity index (χ1) is 10.4. The van der Waals surface area contributed by atoms with Crippen LogP contribution in [0.15, 0.2) is 36.5 Å². The molecule has 0 bridgehead atoms. The number of rotatable bonds is 2. The molecule has 0 atom stereocenters. The predicted octanol–water partition coefficient (Wildman–Crippen LogP) is 6.46. The largest absolute Gasteiger partial charge is 0.255 e. The van der Waals surface area contributed by atoms with Gasteiger partial charge in [0.2, 0.25) is 0 Å². The van der Waals surface area contributed by atoms with Crippen LogP contribution in [0.5, 0.6) is 0 Å². The van der Waals surface area contributed by atoms with Gasteiger partial charge >= 0.3 is 0 Å². The van der Waals surface area contributed by atoms with Crippen molar-refractivity contribution in [2.45, 2.75) is 41.0 Å². The molecule has 22 heavy (non-hydrogen) atoms. The van der Waals surface area contributed by atoms with E-state index in [-0.39, 0.29) is 0 Å². The quantitative estimate of drug-likeness (QED) is 0.529. The highest BCUT2D eigenvalue weighted by Gasteiger charge is 2.17. The molecule has 0 N–H and O–H groups in total. The fraction of sp³-hybridized carbons (Fsp3) is 0.350. The third kappa shape index (κ3) is 2.68. The zero-order valence-corrected chi connectivity index (χ0v) is 14.8. The Bertz CT molecular complexity index is 862. The van der Waals surface area contributed by atoms with Crippen molar-refractivity contribution in [1.29, 1.82) is 0 Å². The van der Waals surface area contributed by atoms with Crippen LogP contribution in [0.2, 0.25) is 0 Å². The Morgan fingerprint density at radius 1 is 1.14 bits per heavy atom. The summed E-state index contributed by atoms with van der Waals surface area (Å²) in [5, 5.41) is 2.70. The fourth-order valence-electron chi connectivity index (χ4n) is 2.91. The summed E-state index contributed by atoms with van der Waals surface area (Å²) in [4.78, 5) is 4.62. The van der Waals surface area contributed by atoms with Crippen molar-refractivity contribution in [1.82, 2.24) is 4.98 Å². The van der Waals surface area contributed by atoms with Crippen molar-refractivity contribution in [3.05, 3.63) is 47.8 Å². The minimum atomic E-state index is 0.296. The second kappa shape index (κ2) is 5.51. The Morgan fingerprint density at radius 2 is 1.86 bits per heavy atom. The number of hydrogen-bond donors (Lipinski definition) is 0. The van der Waals surface area contributed by atoms with Crippen LogP contribution in [0.4, 0.5) is 0 Å². The van der Waals surface area contributed by atoms with E-state index in [1.54, 1.807) is 0 Å². The highest BCUT2D eigenvalue weighted by atomic mass is 32.1. The summed E-state index contributed by atoms with van der Waals surface area (Å²) >= 11 is 1.90. The third-order valence-corrected chi connectivity index (χ3v) is 5.33. The van der Waals surface area contributed by atoms with E-state index in [0.717, 1.165) is 12.1 Å². The van der Waals surface area contributed by atoms with E-state index in [9.17, 15) is 0 Å². The number of allylic oxidation sites excluding steroid dienone is 2. The molecular weight excluding hydrogens is 286 g/mol. The molecule has 0 aliphatic rings. The maximum absolute atomic E-state index is 4.62. The monoisotopic (exact) mass is 309 g/mol. The van der Waals surface area contributed by atoms with Gasteiger partial charge in [-0.2, -0.15) is 0 Å². The van der Waals surface area contributed by atoms with Crippen molar-refractivity contribution in [2.24, 2.45) is 5.41 Å². The number of pyridine rings is 1. The lowest BCUT2D eigenvalue weighted by molar-refractivity contribution is 0.413. The first-order valence-electron chi connectivity index (χ1n) is 7.83. The van der Waals surface area contributed by atoms with Gasteiger partial charge in [0, 0.05) is 21.7 Å². The molecule has 3 aromatic rings. The van der Waals surface area contributed by atoms with Gasteiger partial charge in [-0.25, -0.2) is 0 Å². The first-order valence-corrected chi connectivity index (χ1v) is 8.65. The molecule has 0 spiro atoms.